The van der Waals surface area contributed by atoms with Gasteiger partial charge in [-0.3, -0.25) is 0 Å². The van der Waals surface area contributed by atoms with E-state index in [9.17, 15) is 9.90 Å². The zero-order valence-corrected chi connectivity index (χ0v) is 14.7. The molecular weight excluding hydrogens is 328 g/mol. The van der Waals surface area contributed by atoms with E-state index in [1.165, 1.54) is 6.08 Å². The van der Waals surface area contributed by atoms with Crippen LogP contribution >= 0.6 is 11.3 Å². The second kappa shape index (κ2) is 9.61. The quantitative estimate of drug-likeness (QED) is 0.546. The number of hydrogen-bond donors (Lipinski definition) is 1. The topological polar surface area (TPSA) is 65.0 Å². The molecule has 1 N–H and O–H groups in total. The van der Waals surface area contributed by atoms with Crippen LogP contribution in [-0.2, 0) is 19.0 Å². The van der Waals surface area contributed by atoms with Crippen LogP contribution in [0.3, 0.4) is 0 Å². The first-order valence-electron chi connectivity index (χ1n) is 8.12. The third-order valence-corrected chi connectivity index (χ3v) is 4.57. The summed E-state index contributed by atoms with van der Waals surface area (Å²) in [4.78, 5) is 12.2. The smallest absolute Gasteiger partial charge is 0.373 e. The molecule has 2 heterocycles. The van der Waals surface area contributed by atoms with Crippen LogP contribution < -0.4 is 0 Å². The van der Waals surface area contributed by atoms with Crippen LogP contribution in [0.25, 0.3) is 0 Å². The van der Waals surface area contributed by atoms with Crippen molar-refractivity contribution in [1.29, 1.82) is 0 Å². The van der Waals surface area contributed by atoms with Crippen molar-refractivity contribution in [2.24, 2.45) is 5.92 Å². The van der Waals surface area contributed by atoms with Crippen LogP contribution in [0, 0.1) is 5.92 Å². The Morgan fingerprint density at radius 2 is 2.38 bits per heavy atom. The first-order valence-corrected chi connectivity index (χ1v) is 9.06. The molecule has 1 aromatic heterocycles. The molecule has 0 bridgehead atoms. The Labute approximate surface area is 146 Å². The number of allylic oxidation sites excluding steroid dienone is 1. The lowest BCUT2D eigenvalue weighted by atomic mass is 9.82. The van der Waals surface area contributed by atoms with E-state index in [0.29, 0.717) is 13.0 Å². The number of rotatable bonds is 9. The Kier molecular flexibility index (Phi) is 7.49. The minimum Gasteiger partial charge on any atom is -0.457 e. The van der Waals surface area contributed by atoms with Crippen LogP contribution in [-0.4, -0.2) is 37.2 Å². The molecule has 2 rings (SSSR count). The van der Waals surface area contributed by atoms with Crippen molar-refractivity contribution in [3.63, 3.8) is 0 Å². The van der Waals surface area contributed by atoms with Gasteiger partial charge in [-0.2, -0.15) is 11.3 Å². The molecule has 0 aliphatic carbocycles. The predicted octanol–water partition coefficient (Wildman–Crippen LogP) is 3.23. The van der Waals surface area contributed by atoms with Crippen molar-refractivity contribution in [1.82, 2.24) is 0 Å². The molecule has 1 aromatic rings. The molecule has 6 heteroatoms. The van der Waals surface area contributed by atoms with Gasteiger partial charge in [0, 0.05) is 25.0 Å². The zero-order chi connectivity index (χ0) is 17.4. The average molecular weight is 352 g/mol. The summed E-state index contributed by atoms with van der Waals surface area (Å²) in [7, 11) is 0. The Bertz CT molecular complexity index is 552. The number of hydrogen-bond acceptors (Lipinski definition) is 6. The lowest BCUT2D eigenvalue weighted by molar-refractivity contribution is -0.175. The fourth-order valence-electron chi connectivity index (χ4n) is 2.80. The van der Waals surface area contributed by atoms with E-state index in [2.05, 4.69) is 12.0 Å². The number of aliphatic hydroxyl groups excluding tert-OH is 1. The van der Waals surface area contributed by atoms with Gasteiger partial charge in [0.1, 0.15) is 6.61 Å². The van der Waals surface area contributed by atoms with Crippen molar-refractivity contribution in [2.45, 2.75) is 32.0 Å². The molecule has 1 aliphatic heterocycles. The summed E-state index contributed by atoms with van der Waals surface area (Å²) in [6.07, 6.45) is 4.19. The number of aliphatic hydroxyl groups is 1. The van der Waals surface area contributed by atoms with Gasteiger partial charge in [0.05, 0.1) is 0 Å². The maximum absolute atomic E-state index is 12.2. The average Bonchev–Trinajstić information content (AvgIpc) is 3.12. The SMILES string of the molecule is C=CCOC(=O)C1=C[C@@H](c2ccsc2)[C@H](CCCO)[C@@H](OCC)O1. The molecular formula is C18H24O5S. The summed E-state index contributed by atoms with van der Waals surface area (Å²) in [6, 6.07) is 2.04. The Balaban J connectivity index is 2.29. The van der Waals surface area contributed by atoms with Gasteiger partial charge in [0.25, 0.3) is 0 Å². The number of esters is 1. The van der Waals surface area contributed by atoms with Crippen LogP contribution in [0.1, 0.15) is 31.2 Å². The van der Waals surface area contributed by atoms with E-state index in [4.69, 9.17) is 14.2 Å². The molecule has 132 valence electrons. The van der Waals surface area contributed by atoms with E-state index < -0.39 is 12.3 Å². The molecule has 0 saturated carbocycles. The van der Waals surface area contributed by atoms with E-state index in [0.717, 1.165) is 12.0 Å². The van der Waals surface area contributed by atoms with Crippen molar-refractivity contribution in [3.8, 4) is 0 Å². The highest BCUT2D eigenvalue weighted by Crippen LogP contribution is 2.40. The third kappa shape index (κ3) is 4.69. The summed E-state index contributed by atoms with van der Waals surface area (Å²) < 4.78 is 16.6. The Hall–Kier alpha value is -1.63. The second-order valence-electron chi connectivity index (χ2n) is 5.47. The monoisotopic (exact) mass is 352 g/mol. The number of thiophene rings is 1. The summed E-state index contributed by atoms with van der Waals surface area (Å²) in [5.41, 5.74) is 1.12. The fourth-order valence-corrected chi connectivity index (χ4v) is 3.51. The van der Waals surface area contributed by atoms with Gasteiger partial charge in [-0.25, -0.2) is 4.79 Å². The van der Waals surface area contributed by atoms with Gasteiger partial charge in [0.15, 0.2) is 0 Å². The van der Waals surface area contributed by atoms with Gasteiger partial charge in [-0.1, -0.05) is 12.7 Å². The summed E-state index contributed by atoms with van der Waals surface area (Å²) in [5, 5.41) is 13.3. The lowest BCUT2D eigenvalue weighted by Gasteiger charge is -2.36. The summed E-state index contributed by atoms with van der Waals surface area (Å²) >= 11 is 1.61. The Morgan fingerprint density at radius 3 is 3.00 bits per heavy atom. The molecule has 1 aliphatic rings. The molecule has 0 spiro atoms. The van der Waals surface area contributed by atoms with Crippen molar-refractivity contribution >= 4 is 17.3 Å². The predicted molar refractivity (Wildman–Crippen MR) is 92.6 cm³/mol. The minimum atomic E-state index is -0.539. The van der Waals surface area contributed by atoms with Crippen molar-refractivity contribution in [2.75, 3.05) is 19.8 Å². The highest BCUT2D eigenvalue weighted by atomic mass is 32.1. The maximum atomic E-state index is 12.2. The maximum Gasteiger partial charge on any atom is 0.373 e. The summed E-state index contributed by atoms with van der Waals surface area (Å²) in [6.45, 7) is 6.16. The van der Waals surface area contributed by atoms with Crippen molar-refractivity contribution < 1.29 is 24.1 Å². The first-order chi connectivity index (χ1) is 11.7. The standard InChI is InChI=1S/C18H24O5S/c1-3-9-22-17(20)16-11-15(13-7-10-24-12-13)14(6-5-8-19)18(23-16)21-4-2/h3,7,10-12,14-15,18-19H,1,4-6,8-9H2,2H3/t14-,15-,18-/m0/s1. The van der Waals surface area contributed by atoms with Crippen LogP contribution in [0.4, 0.5) is 0 Å². The molecule has 0 amide bonds. The molecule has 5 nitrogen and oxygen atoms in total. The van der Waals surface area contributed by atoms with E-state index in [1.807, 2.05) is 24.4 Å². The molecule has 0 saturated heterocycles. The second-order valence-corrected chi connectivity index (χ2v) is 6.25. The van der Waals surface area contributed by atoms with Gasteiger partial charge in [0.2, 0.25) is 12.0 Å². The number of ether oxygens (including phenoxy) is 3. The minimum absolute atomic E-state index is 0.0145. The molecule has 0 fully saturated rings. The molecule has 0 radical (unpaired) electrons. The molecule has 3 atom stereocenters. The zero-order valence-electron chi connectivity index (χ0n) is 13.8. The third-order valence-electron chi connectivity index (χ3n) is 3.87. The molecule has 0 aromatic carbocycles. The van der Waals surface area contributed by atoms with E-state index >= 15 is 0 Å². The molecule has 24 heavy (non-hydrogen) atoms. The van der Waals surface area contributed by atoms with E-state index in [1.54, 1.807) is 11.3 Å². The van der Waals surface area contributed by atoms with Crippen LogP contribution in [0.5, 0.6) is 0 Å². The van der Waals surface area contributed by atoms with Gasteiger partial charge >= 0.3 is 5.97 Å². The number of carbonyl (C=O) groups excluding carboxylic acids is 1. The van der Waals surface area contributed by atoms with Gasteiger partial charge < -0.3 is 19.3 Å². The molecule has 0 unspecified atom stereocenters. The normalized spacial score (nSPS) is 23.2. The Morgan fingerprint density at radius 1 is 1.54 bits per heavy atom. The van der Waals surface area contributed by atoms with Gasteiger partial charge in [-0.15, -0.1) is 0 Å². The highest BCUT2D eigenvalue weighted by Gasteiger charge is 2.38. The summed E-state index contributed by atoms with van der Waals surface area (Å²) in [5.74, 6) is -0.325. The van der Waals surface area contributed by atoms with Gasteiger partial charge in [-0.05, 0) is 48.2 Å². The van der Waals surface area contributed by atoms with Crippen LogP contribution in [0.15, 0.2) is 41.3 Å². The largest absolute Gasteiger partial charge is 0.457 e. The fraction of sp³-hybridized carbons (Fsp3) is 0.500. The first kappa shape index (κ1) is 18.7. The van der Waals surface area contributed by atoms with Crippen molar-refractivity contribution in [3.05, 3.63) is 46.9 Å². The van der Waals surface area contributed by atoms with Crippen LogP contribution in [0.2, 0.25) is 0 Å². The number of carbonyl (C=O) groups is 1. The van der Waals surface area contributed by atoms with E-state index in [-0.39, 0.29) is 30.8 Å². The highest BCUT2D eigenvalue weighted by molar-refractivity contribution is 7.08. The lowest BCUT2D eigenvalue weighted by Crippen LogP contribution is -2.36.